The standard InChI is InChI=1S/C12H8F3NO/c13-12(14,15)10-7-9(1-2-11(10)17)8-3-5-16-6-4-8/h1-7,17H. The number of aromatic hydroxyl groups is 1. The first-order chi connectivity index (χ1) is 7.98. The number of alkyl halides is 3. The van der Waals surface area contributed by atoms with Crippen LogP contribution in [0.4, 0.5) is 13.2 Å². The summed E-state index contributed by atoms with van der Waals surface area (Å²) in [6, 6.07) is 6.60. The highest BCUT2D eigenvalue weighted by molar-refractivity contribution is 5.65. The van der Waals surface area contributed by atoms with Crippen LogP contribution < -0.4 is 0 Å². The Labute approximate surface area is 95.4 Å². The maximum absolute atomic E-state index is 12.6. The van der Waals surface area contributed by atoms with E-state index < -0.39 is 17.5 Å². The van der Waals surface area contributed by atoms with E-state index in [2.05, 4.69) is 4.98 Å². The van der Waals surface area contributed by atoms with Crippen LogP contribution in [0.1, 0.15) is 5.56 Å². The van der Waals surface area contributed by atoms with Crippen molar-refractivity contribution in [2.24, 2.45) is 0 Å². The van der Waals surface area contributed by atoms with Crippen molar-refractivity contribution in [1.82, 2.24) is 4.98 Å². The van der Waals surface area contributed by atoms with Gasteiger partial charge in [0.05, 0.1) is 5.56 Å². The summed E-state index contributed by atoms with van der Waals surface area (Å²) >= 11 is 0. The fraction of sp³-hybridized carbons (Fsp3) is 0.0833. The molecule has 0 spiro atoms. The number of phenolic OH excluding ortho intramolecular Hbond substituents is 1. The summed E-state index contributed by atoms with van der Waals surface area (Å²) in [6.07, 6.45) is -1.57. The molecule has 0 aliphatic carbocycles. The van der Waals surface area contributed by atoms with Gasteiger partial charge in [-0.15, -0.1) is 0 Å². The van der Waals surface area contributed by atoms with Crippen LogP contribution in [0, 0.1) is 0 Å². The van der Waals surface area contributed by atoms with Gasteiger partial charge in [-0.05, 0) is 35.4 Å². The Morgan fingerprint density at radius 2 is 1.59 bits per heavy atom. The first-order valence-corrected chi connectivity index (χ1v) is 4.79. The zero-order valence-corrected chi connectivity index (χ0v) is 8.57. The molecule has 17 heavy (non-hydrogen) atoms. The van der Waals surface area contributed by atoms with Gasteiger partial charge in [-0.1, -0.05) is 6.07 Å². The normalized spacial score (nSPS) is 11.5. The second-order valence-electron chi connectivity index (χ2n) is 3.47. The van der Waals surface area contributed by atoms with Crippen molar-refractivity contribution in [3.05, 3.63) is 48.3 Å². The van der Waals surface area contributed by atoms with Crippen LogP contribution in [0.25, 0.3) is 11.1 Å². The lowest BCUT2D eigenvalue weighted by molar-refractivity contribution is -0.138. The van der Waals surface area contributed by atoms with Crippen molar-refractivity contribution >= 4 is 0 Å². The van der Waals surface area contributed by atoms with E-state index in [1.165, 1.54) is 18.5 Å². The molecule has 0 unspecified atom stereocenters. The summed E-state index contributed by atoms with van der Waals surface area (Å²) in [7, 11) is 0. The Kier molecular flexibility index (Phi) is 2.75. The minimum Gasteiger partial charge on any atom is -0.507 e. The minimum atomic E-state index is -4.56. The van der Waals surface area contributed by atoms with E-state index in [1.807, 2.05) is 0 Å². The zero-order chi connectivity index (χ0) is 12.5. The molecule has 2 nitrogen and oxygen atoms in total. The molecule has 0 fully saturated rings. The zero-order valence-electron chi connectivity index (χ0n) is 8.57. The van der Waals surface area contributed by atoms with E-state index in [1.54, 1.807) is 12.1 Å². The molecule has 0 aliphatic heterocycles. The largest absolute Gasteiger partial charge is 0.507 e. The lowest BCUT2D eigenvalue weighted by atomic mass is 10.0. The summed E-state index contributed by atoms with van der Waals surface area (Å²) in [5.74, 6) is -0.768. The second kappa shape index (κ2) is 4.08. The maximum atomic E-state index is 12.6. The van der Waals surface area contributed by atoms with Gasteiger partial charge in [0, 0.05) is 12.4 Å². The number of halogens is 3. The Balaban J connectivity index is 2.53. The predicted molar refractivity (Wildman–Crippen MR) is 56.3 cm³/mol. The SMILES string of the molecule is Oc1ccc(-c2ccncc2)cc1C(F)(F)F. The lowest BCUT2D eigenvalue weighted by Crippen LogP contribution is -2.05. The van der Waals surface area contributed by atoms with Crippen LogP contribution in [0.3, 0.4) is 0 Å². The lowest BCUT2D eigenvalue weighted by Gasteiger charge is -2.10. The molecule has 0 saturated heterocycles. The number of benzene rings is 1. The van der Waals surface area contributed by atoms with E-state index >= 15 is 0 Å². The topological polar surface area (TPSA) is 33.1 Å². The molecule has 1 N–H and O–H groups in total. The Morgan fingerprint density at radius 3 is 2.18 bits per heavy atom. The van der Waals surface area contributed by atoms with Gasteiger partial charge in [0.15, 0.2) is 0 Å². The monoisotopic (exact) mass is 239 g/mol. The average molecular weight is 239 g/mol. The molecule has 0 atom stereocenters. The van der Waals surface area contributed by atoms with Crippen molar-refractivity contribution in [3.8, 4) is 16.9 Å². The molecule has 2 rings (SSSR count). The van der Waals surface area contributed by atoms with Gasteiger partial charge in [-0.3, -0.25) is 4.98 Å². The average Bonchev–Trinajstić information content (AvgIpc) is 2.29. The fourth-order valence-electron chi connectivity index (χ4n) is 1.49. The van der Waals surface area contributed by atoms with E-state index in [0.717, 1.165) is 12.1 Å². The number of nitrogens with zero attached hydrogens (tertiary/aromatic N) is 1. The van der Waals surface area contributed by atoms with Gasteiger partial charge in [0.25, 0.3) is 0 Å². The molecule has 2 aromatic rings. The molecule has 1 aromatic carbocycles. The fourth-order valence-corrected chi connectivity index (χ4v) is 1.49. The van der Waals surface area contributed by atoms with Gasteiger partial charge in [0.2, 0.25) is 0 Å². The predicted octanol–water partition coefficient (Wildman–Crippen LogP) is 3.47. The molecule has 0 bridgehead atoms. The number of hydrogen-bond acceptors (Lipinski definition) is 2. The quantitative estimate of drug-likeness (QED) is 0.826. The van der Waals surface area contributed by atoms with Crippen LogP contribution in [0.2, 0.25) is 0 Å². The van der Waals surface area contributed by atoms with Gasteiger partial charge in [0.1, 0.15) is 5.75 Å². The van der Waals surface area contributed by atoms with Crippen molar-refractivity contribution in [2.45, 2.75) is 6.18 Å². The number of aromatic nitrogens is 1. The van der Waals surface area contributed by atoms with Crippen molar-refractivity contribution in [1.29, 1.82) is 0 Å². The molecular weight excluding hydrogens is 231 g/mol. The third kappa shape index (κ3) is 2.38. The van der Waals surface area contributed by atoms with Crippen LogP contribution >= 0.6 is 0 Å². The Morgan fingerprint density at radius 1 is 0.941 bits per heavy atom. The van der Waals surface area contributed by atoms with Crippen LogP contribution in [0.5, 0.6) is 5.75 Å². The highest BCUT2D eigenvalue weighted by Gasteiger charge is 2.34. The summed E-state index contributed by atoms with van der Waals surface area (Å²) in [4.78, 5) is 3.79. The van der Waals surface area contributed by atoms with E-state index in [9.17, 15) is 18.3 Å². The van der Waals surface area contributed by atoms with Crippen molar-refractivity contribution in [3.63, 3.8) is 0 Å². The van der Waals surface area contributed by atoms with Crippen LogP contribution in [-0.4, -0.2) is 10.1 Å². The second-order valence-corrected chi connectivity index (χ2v) is 3.47. The summed E-state index contributed by atoms with van der Waals surface area (Å²) in [5.41, 5.74) is -0.0326. The molecule has 0 radical (unpaired) electrons. The third-order valence-electron chi connectivity index (χ3n) is 2.32. The Bertz CT molecular complexity index is 523. The van der Waals surface area contributed by atoms with Gasteiger partial charge in [-0.2, -0.15) is 13.2 Å². The first-order valence-electron chi connectivity index (χ1n) is 4.79. The van der Waals surface area contributed by atoms with Crippen LogP contribution in [0.15, 0.2) is 42.7 Å². The molecule has 1 aromatic heterocycles. The van der Waals surface area contributed by atoms with Crippen LogP contribution in [-0.2, 0) is 6.18 Å². The molecule has 0 amide bonds. The van der Waals surface area contributed by atoms with Gasteiger partial charge in [-0.25, -0.2) is 0 Å². The van der Waals surface area contributed by atoms with Gasteiger partial charge < -0.3 is 5.11 Å². The molecule has 88 valence electrons. The molecule has 5 heteroatoms. The first kappa shape index (κ1) is 11.4. The smallest absolute Gasteiger partial charge is 0.419 e. The number of rotatable bonds is 1. The van der Waals surface area contributed by atoms with Crippen molar-refractivity contribution in [2.75, 3.05) is 0 Å². The highest BCUT2D eigenvalue weighted by Crippen LogP contribution is 2.37. The molecule has 1 heterocycles. The number of phenols is 1. The van der Waals surface area contributed by atoms with E-state index in [0.29, 0.717) is 11.1 Å². The summed E-state index contributed by atoms with van der Waals surface area (Å²) < 4.78 is 37.7. The summed E-state index contributed by atoms with van der Waals surface area (Å²) in [6.45, 7) is 0. The third-order valence-corrected chi connectivity index (χ3v) is 2.32. The van der Waals surface area contributed by atoms with E-state index in [4.69, 9.17) is 0 Å². The highest BCUT2D eigenvalue weighted by atomic mass is 19.4. The number of pyridine rings is 1. The minimum absolute atomic E-state index is 0.387. The maximum Gasteiger partial charge on any atom is 0.419 e. The summed E-state index contributed by atoms with van der Waals surface area (Å²) in [5, 5.41) is 9.19. The van der Waals surface area contributed by atoms with Crippen molar-refractivity contribution < 1.29 is 18.3 Å². The van der Waals surface area contributed by atoms with Gasteiger partial charge >= 0.3 is 6.18 Å². The Hall–Kier alpha value is -2.04. The molecule has 0 aliphatic rings. The molecular formula is C12H8F3NO. The number of hydrogen-bond donors (Lipinski definition) is 1. The van der Waals surface area contributed by atoms with E-state index in [-0.39, 0.29) is 0 Å². The molecule has 0 saturated carbocycles.